The van der Waals surface area contributed by atoms with Gasteiger partial charge in [0.05, 0.1) is 6.33 Å². The molecule has 9 nitrogen and oxygen atoms in total. The maximum absolute atomic E-state index is 8.36. The average molecular weight is 431 g/mol. The number of fused-ring (bicyclic) bond motifs is 1. The molecule has 1 aliphatic heterocycles. The first-order chi connectivity index (χ1) is 14.5. The maximum Gasteiger partial charge on any atom is 0.291 e. The summed E-state index contributed by atoms with van der Waals surface area (Å²) in [6.07, 6.45) is 5.26. The number of imidazole rings is 1. The van der Waals surface area contributed by atoms with Crippen molar-refractivity contribution in [3.63, 3.8) is 0 Å². The number of ether oxygens (including phenoxy) is 1. The SMILES string of the molecule is CC1Oc2cc(Cl)ccc2/C(=N/OCc2ccccc2)C1n1ccnc1.O=[N+]([O-])O. The van der Waals surface area contributed by atoms with Crippen molar-refractivity contribution in [1.29, 1.82) is 0 Å². The van der Waals surface area contributed by atoms with Crippen LogP contribution in [0.1, 0.15) is 24.1 Å². The summed E-state index contributed by atoms with van der Waals surface area (Å²) in [4.78, 5) is 18.2. The molecule has 1 N–H and O–H groups in total. The maximum atomic E-state index is 8.36. The molecule has 10 heteroatoms. The highest BCUT2D eigenvalue weighted by atomic mass is 35.5. The summed E-state index contributed by atoms with van der Waals surface area (Å²) >= 11 is 6.13. The van der Waals surface area contributed by atoms with Gasteiger partial charge in [-0.15, -0.1) is 10.1 Å². The van der Waals surface area contributed by atoms with Gasteiger partial charge >= 0.3 is 0 Å². The van der Waals surface area contributed by atoms with E-state index < -0.39 is 5.09 Å². The van der Waals surface area contributed by atoms with Gasteiger partial charge in [0.2, 0.25) is 0 Å². The standard InChI is InChI=1S/C20H18ClN3O2.HNO3/c1-14-20(24-10-9-22-13-24)19(17-8-7-16(21)11-18(17)26-14)23-25-12-15-5-3-2-4-6-15;2-1(3)4/h2-11,13-14,20H,12H2,1H3;(H,2,3,4)/b23-19-;. The average Bonchev–Trinajstić information content (AvgIpc) is 3.22. The number of hydrogen-bond donors (Lipinski definition) is 1. The molecular weight excluding hydrogens is 412 g/mol. The van der Waals surface area contributed by atoms with Crippen LogP contribution in [0.5, 0.6) is 5.75 Å². The molecule has 1 aromatic heterocycles. The Balaban J connectivity index is 0.000000589. The highest BCUT2D eigenvalue weighted by molar-refractivity contribution is 6.31. The van der Waals surface area contributed by atoms with Gasteiger partial charge in [0.1, 0.15) is 30.2 Å². The van der Waals surface area contributed by atoms with Gasteiger partial charge in [-0.1, -0.05) is 47.1 Å². The molecule has 2 unspecified atom stereocenters. The molecule has 4 rings (SSSR count). The van der Waals surface area contributed by atoms with Crippen molar-refractivity contribution in [2.24, 2.45) is 5.16 Å². The number of benzene rings is 2. The normalized spacial score (nSPS) is 18.5. The van der Waals surface area contributed by atoms with Crippen LogP contribution in [0.25, 0.3) is 0 Å². The minimum Gasteiger partial charge on any atom is -0.487 e. The zero-order chi connectivity index (χ0) is 21.5. The highest BCUT2D eigenvalue weighted by Crippen LogP contribution is 2.36. The summed E-state index contributed by atoms with van der Waals surface area (Å²) in [6, 6.07) is 15.4. The topological polar surface area (TPSA) is 112 Å². The Kier molecular flexibility index (Phi) is 6.87. The van der Waals surface area contributed by atoms with E-state index in [4.69, 9.17) is 36.5 Å². The lowest BCUT2D eigenvalue weighted by atomic mass is 9.95. The molecule has 156 valence electrons. The lowest BCUT2D eigenvalue weighted by Crippen LogP contribution is -2.37. The van der Waals surface area contributed by atoms with Crippen LogP contribution in [0.2, 0.25) is 5.02 Å². The summed E-state index contributed by atoms with van der Waals surface area (Å²) in [5.41, 5.74) is 2.73. The number of nitrogens with zero attached hydrogens (tertiary/aromatic N) is 4. The van der Waals surface area contributed by atoms with Gasteiger partial charge < -0.3 is 19.3 Å². The zero-order valence-electron chi connectivity index (χ0n) is 16.0. The third-order valence-electron chi connectivity index (χ3n) is 4.34. The van der Waals surface area contributed by atoms with Crippen molar-refractivity contribution in [3.05, 3.63) is 93.5 Å². The van der Waals surface area contributed by atoms with E-state index in [1.807, 2.05) is 66.2 Å². The quantitative estimate of drug-likeness (QED) is 0.492. The van der Waals surface area contributed by atoms with Crippen LogP contribution in [0.15, 0.2) is 72.4 Å². The largest absolute Gasteiger partial charge is 0.487 e. The summed E-state index contributed by atoms with van der Waals surface area (Å²) in [5.74, 6) is 0.712. The molecular formula is C20H19ClN4O5. The summed E-state index contributed by atoms with van der Waals surface area (Å²) in [5, 5.41) is 18.7. The summed E-state index contributed by atoms with van der Waals surface area (Å²) < 4.78 is 8.05. The second kappa shape index (κ2) is 9.75. The Bertz CT molecular complexity index is 1010. The molecule has 0 amide bonds. The van der Waals surface area contributed by atoms with Crippen LogP contribution in [0.4, 0.5) is 0 Å². The molecule has 1 aliphatic rings. The van der Waals surface area contributed by atoms with Crippen molar-refractivity contribution in [2.45, 2.75) is 25.7 Å². The van der Waals surface area contributed by atoms with Crippen LogP contribution in [-0.2, 0) is 11.4 Å². The van der Waals surface area contributed by atoms with Crippen LogP contribution >= 0.6 is 11.6 Å². The first-order valence-corrected chi connectivity index (χ1v) is 9.34. The van der Waals surface area contributed by atoms with Crippen LogP contribution in [0.3, 0.4) is 0 Å². The van der Waals surface area contributed by atoms with E-state index in [0.717, 1.165) is 16.8 Å². The smallest absolute Gasteiger partial charge is 0.291 e. The minimum atomic E-state index is -1.50. The fourth-order valence-corrected chi connectivity index (χ4v) is 3.29. The third kappa shape index (κ3) is 5.26. The van der Waals surface area contributed by atoms with Crippen molar-refractivity contribution in [2.75, 3.05) is 0 Å². The van der Waals surface area contributed by atoms with E-state index in [2.05, 4.69) is 10.1 Å². The molecule has 0 saturated carbocycles. The van der Waals surface area contributed by atoms with Gasteiger partial charge in [-0.25, -0.2) is 4.98 Å². The van der Waals surface area contributed by atoms with E-state index in [1.54, 1.807) is 12.5 Å². The van der Waals surface area contributed by atoms with Crippen LogP contribution in [0, 0.1) is 10.1 Å². The van der Waals surface area contributed by atoms with Gasteiger partial charge in [-0.2, -0.15) is 0 Å². The summed E-state index contributed by atoms with van der Waals surface area (Å²) in [6.45, 7) is 2.40. The molecule has 0 spiro atoms. The summed E-state index contributed by atoms with van der Waals surface area (Å²) in [7, 11) is 0. The lowest BCUT2D eigenvalue weighted by Gasteiger charge is -2.33. The fraction of sp³-hybridized carbons (Fsp3) is 0.200. The van der Waals surface area contributed by atoms with Crippen molar-refractivity contribution in [1.82, 2.24) is 9.55 Å². The van der Waals surface area contributed by atoms with Crippen LogP contribution in [-0.4, -0.2) is 31.7 Å². The Hall–Kier alpha value is -3.59. The molecule has 0 aliphatic carbocycles. The van der Waals surface area contributed by atoms with E-state index in [0.29, 0.717) is 17.4 Å². The first kappa shape index (κ1) is 21.1. The molecule has 0 saturated heterocycles. The van der Waals surface area contributed by atoms with Crippen molar-refractivity contribution in [3.8, 4) is 5.75 Å². The molecule has 2 aromatic carbocycles. The number of oxime groups is 1. The monoisotopic (exact) mass is 430 g/mol. The second-order valence-electron chi connectivity index (χ2n) is 6.39. The van der Waals surface area contributed by atoms with E-state index in [9.17, 15) is 0 Å². The number of aromatic nitrogens is 2. The molecule has 0 bridgehead atoms. The fourth-order valence-electron chi connectivity index (χ4n) is 3.12. The molecule has 0 fully saturated rings. The molecule has 2 heterocycles. The van der Waals surface area contributed by atoms with E-state index >= 15 is 0 Å². The van der Waals surface area contributed by atoms with Crippen molar-refractivity contribution < 1.29 is 19.9 Å². The Morgan fingerprint density at radius 1 is 1.33 bits per heavy atom. The van der Waals surface area contributed by atoms with Gasteiger partial charge in [0, 0.05) is 23.0 Å². The predicted molar refractivity (Wildman–Crippen MR) is 109 cm³/mol. The van der Waals surface area contributed by atoms with Crippen LogP contribution < -0.4 is 4.74 Å². The molecule has 3 aromatic rings. The van der Waals surface area contributed by atoms with Gasteiger partial charge in [-0.05, 0) is 30.7 Å². The van der Waals surface area contributed by atoms with Crippen molar-refractivity contribution >= 4 is 17.3 Å². The Morgan fingerprint density at radius 3 is 2.73 bits per heavy atom. The predicted octanol–water partition coefficient (Wildman–Crippen LogP) is 4.13. The zero-order valence-corrected chi connectivity index (χ0v) is 16.7. The Labute approximate surface area is 177 Å². The number of halogens is 1. The Morgan fingerprint density at radius 2 is 2.07 bits per heavy atom. The highest BCUT2D eigenvalue weighted by Gasteiger charge is 2.35. The number of rotatable bonds is 4. The second-order valence-corrected chi connectivity index (χ2v) is 6.83. The van der Waals surface area contributed by atoms with Gasteiger partial charge in [-0.3, -0.25) is 0 Å². The molecule has 30 heavy (non-hydrogen) atoms. The molecule has 2 atom stereocenters. The molecule has 0 radical (unpaired) electrons. The minimum absolute atomic E-state index is 0.137. The van der Waals surface area contributed by atoms with Gasteiger partial charge in [0.25, 0.3) is 5.09 Å². The van der Waals surface area contributed by atoms with E-state index in [1.165, 1.54) is 0 Å². The van der Waals surface area contributed by atoms with Gasteiger partial charge in [0.15, 0.2) is 0 Å². The third-order valence-corrected chi connectivity index (χ3v) is 4.58. The lowest BCUT2D eigenvalue weighted by molar-refractivity contribution is -0.742. The number of hydrogen-bond acceptors (Lipinski definition) is 6. The van der Waals surface area contributed by atoms with E-state index in [-0.39, 0.29) is 12.1 Å². The first-order valence-electron chi connectivity index (χ1n) is 8.96.